The van der Waals surface area contributed by atoms with Crippen molar-refractivity contribution in [2.45, 2.75) is 19.0 Å². The van der Waals surface area contributed by atoms with Crippen LogP contribution in [0.3, 0.4) is 0 Å². The third-order valence-electron chi connectivity index (χ3n) is 3.50. The predicted molar refractivity (Wildman–Crippen MR) is 95.5 cm³/mol. The molecule has 1 aromatic carbocycles. The Bertz CT molecular complexity index is 548. The summed E-state index contributed by atoms with van der Waals surface area (Å²) in [5.74, 6) is -0.0178. The van der Waals surface area contributed by atoms with Crippen LogP contribution in [0.1, 0.15) is 12.0 Å². The van der Waals surface area contributed by atoms with E-state index in [0.717, 1.165) is 12.1 Å². The molecule has 1 aliphatic heterocycles. The highest BCUT2D eigenvalue weighted by atomic mass is 35.5. The fraction of sp³-hybridized carbons (Fsp3) is 0.500. The number of benzene rings is 1. The number of amides is 3. The molecular formula is C16H25ClN4O3. The molecule has 0 saturated carbocycles. The molecule has 134 valence electrons. The van der Waals surface area contributed by atoms with E-state index in [1.807, 2.05) is 24.3 Å². The maximum Gasteiger partial charge on any atom is 0.321 e. The summed E-state index contributed by atoms with van der Waals surface area (Å²) in [4.78, 5) is 25.1. The molecule has 1 unspecified atom stereocenters. The summed E-state index contributed by atoms with van der Waals surface area (Å²) < 4.78 is 5.33. The van der Waals surface area contributed by atoms with Gasteiger partial charge in [-0.25, -0.2) is 4.79 Å². The van der Waals surface area contributed by atoms with Crippen LogP contribution in [0.5, 0.6) is 0 Å². The van der Waals surface area contributed by atoms with E-state index in [9.17, 15) is 9.59 Å². The maximum atomic E-state index is 12.0. The first-order valence-electron chi connectivity index (χ1n) is 7.69. The quantitative estimate of drug-likeness (QED) is 0.740. The Morgan fingerprint density at radius 1 is 1.38 bits per heavy atom. The average Bonchev–Trinajstić information content (AvgIpc) is 2.54. The van der Waals surface area contributed by atoms with Gasteiger partial charge in [-0.2, -0.15) is 0 Å². The van der Waals surface area contributed by atoms with Crippen molar-refractivity contribution < 1.29 is 14.3 Å². The van der Waals surface area contributed by atoms with Gasteiger partial charge < -0.3 is 25.6 Å². The lowest BCUT2D eigenvalue weighted by atomic mass is 10.1. The Morgan fingerprint density at radius 2 is 2.17 bits per heavy atom. The Kier molecular flexibility index (Phi) is 8.53. The number of ether oxygens (including phenoxy) is 1. The number of carbonyl (C=O) groups is 2. The predicted octanol–water partition coefficient (Wildman–Crippen LogP) is 1.20. The Labute approximate surface area is 148 Å². The minimum atomic E-state index is -0.186. The van der Waals surface area contributed by atoms with Crippen LogP contribution in [0.15, 0.2) is 24.3 Å². The van der Waals surface area contributed by atoms with Crippen molar-refractivity contribution in [1.82, 2.24) is 15.5 Å². The second-order valence-electron chi connectivity index (χ2n) is 5.73. The largest absolute Gasteiger partial charge is 0.378 e. The molecule has 0 aromatic heterocycles. The van der Waals surface area contributed by atoms with Crippen LogP contribution in [-0.4, -0.2) is 56.7 Å². The molecule has 1 atom stereocenters. The fourth-order valence-electron chi connectivity index (χ4n) is 2.24. The van der Waals surface area contributed by atoms with E-state index in [2.05, 4.69) is 16.0 Å². The van der Waals surface area contributed by atoms with Crippen molar-refractivity contribution in [3.05, 3.63) is 29.8 Å². The van der Waals surface area contributed by atoms with Crippen LogP contribution >= 0.6 is 12.4 Å². The molecular weight excluding hydrogens is 332 g/mol. The third-order valence-corrected chi connectivity index (χ3v) is 3.50. The van der Waals surface area contributed by atoms with Gasteiger partial charge in [0.25, 0.3) is 0 Å². The fourth-order valence-corrected chi connectivity index (χ4v) is 2.24. The highest BCUT2D eigenvalue weighted by molar-refractivity contribution is 5.89. The molecule has 24 heavy (non-hydrogen) atoms. The van der Waals surface area contributed by atoms with Crippen molar-refractivity contribution in [3.8, 4) is 0 Å². The topological polar surface area (TPSA) is 82.7 Å². The zero-order valence-electron chi connectivity index (χ0n) is 14.0. The number of morpholine rings is 1. The Morgan fingerprint density at radius 3 is 2.83 bits per heavy atom. The standard InChI is InChI=1S/C16H24N4O3.ClH/c1-20(2)16(22)19-13-5-3-4-12(8-13)10-18-15(21)9-14-11-23-7-6-17-14;/h3-5,8,14,17H,6-7,9-11H2,1-2H3,(H,18,21)(H,19,22);1H. The number of anilines is 1. The molecule has 1 heterocycles. The normalized spacial score (nSPS) is 16.7. The number of urea groups is 1. The van der Waals surface area contributed by atoms with Gasteiger partial charge in [0.05, 0.1) is 13.2 Å². The summed E-state index contributed by atoms with van der Waals surface area (Å²) in [6.07, 6.45) is 0.400. The first-order valence-corrected chi connectivity index (χ1v) is 7.69. The van der Waals surface area contributed by atoms with Crippen LogP contribution in [0.4, 0.5) is 10.5 Å². The van der Waals surface area contributed by atoms with Gasteiger partial charge in [-0.05, 0) is 17.7 Å². The Hall–Kier alpha value is -1.83. The van der Waals surface area contributed by atoms with Crippen molar-refractivity contribution >= 4 is 30.0 Å². The lowest BCUT2D eigenvalue weighted by Gasteiger charge is -2.23. The summed E-state index contributed by atoms with van der Waals surface area (Å²) in [5, 5.41) is 8.93. The molecule has 7 nitrogen and oxygen atoms in total. The molecule has 3 amide bonds. The second kappa shape index (κ2) is 10.1. The van der Waals surface area contributed by atoms with Crippen LogP contribution in [0, 0.1) is 0 Å². The van der Waals surface area contributed by atoms with Gasteiger partial charge in [-0.15, -0.1) is 12.4 Å². The zero-order valence-corrected chi connectivity index (χ0v) is 14.8. The summed E-state index contributed by atoms with van der Waals surface area (Å²) >= 11 is 0. The lowest BCUT2D eigenvalue weighted by molar-refractivity contribution is -0.122. The SMILES string of the molecule is CN(C)C(=O)Nc1cccc(CNC(=O)CC2COCCN2)c1.Cl. The van der Waals surface area contributed by atoms with Gasteiger partial charge in [0.1, 0.15) is 0 Å². The molecule has 1 saturated heterocycles. The minimum absolute atomic E-state index is 0. The van der Waals surface area contributed by atoms with E-state index in [-0.39, 0.29) is 30.4 Å². The molecule has 1 fully saturated rings. The van der Waals surface area contributed by atoms with E-state index < -0.39 is 0 Å². The van der Waals surface area contributed by atoms with Crippen molar-refractivity contribution in [1.29, 1.82) is 0 Å². The van der Waals surface area contributed by atoms with Crippen LogP contribution < -0.4 is 16.0 Å². The third kappa shape index (κ3) is 6.74. The van der Waals surface area contributed by atoms with Crippen LogP contribution in [0.25, 0.3) is 0 Å². The van der Waals surface area contributed by atoms with E-state index in [1.165, 1.54) is 4.90 Å². The number of rotatable bonds is 5. The minimum Gasteiger partial charge on any atom is -0.378 e. The van der Waals surface area contributed by atoms with E-state index in [1.54, 1.807) is 14.1 Å². The first-order chi connectivity index (χ1) is 11.0. The summed E-state index contributed by atoms with van der Waals surface area (Å²) in [5.41, 5.74) is 1.64. The average molecular weight is 357 g/mol. The molecule has 0 aliphatic carbocycles. The van der Waals surface area contributed by atoms with Gasteiger partial charge in [-0.3, -0.25) is 4.79 Å². The summed E-state index contributed by atoms with van der Waals surface area (Å²) in [7, 11) is 3.37. The lowest BCUT2D eigenvalue weighted by Crippen LogP contribution is -2.44. The number of halogens is 1. The van der Waals surface area contributed by atoms with Crippen molar-refractivity contribution in [2.24, 2.45) is 0 Å². The zero-order chi connectivity index (χ0) is 16.7. The molecule has 0 bridgehead atoms. The number of carbonyl (C=O) groups excluding carboxylic acids is 2. The smallest absolute Gasteiger partial charge is 0.321 e. The van der Waals surface area contributed by atoms with E-state index in [4.69, 9.17) is 4.74 Å². The van der Waals surface area contributed by atoms with Gasteiger partial charge in [0.2, 0.25) is 5.91 Å². The number of hydrogen-bond donors (Lipinski definition) is 3. The number of nitrogens with one attached hydrogen (secondary N) is 3. The van der Waals surface area contributed by atoms with Gasteiger partial charge in [0, 0.05) is 45.3 Å². The molecule has 3 N–H and O–H groups in total. The van der Waals surface area contributed by atoms with Gasteiger partial charge in [-0.1, -0.05) is 12.1 Å². The molecule has 0 spiro atoms. The molecule has 8 heteroatoms. The molecule has 2 rings (SSSR count). The molecule has 1 aromatic rings. The number of hydrogen-bond acceptors (Lipinski definition) is 4. The highest BCUT2D eigenvalue weighted by Crippen LogP contribution is 2.11. The molecule has 0 radical (unpaired) electrons. The van der Waals surface area contributed by atoms with E-state index in [0.29, 0.717) is 31.9 Å². The second-order valence-corrected chi connectivity index (χ2v) is 5.73. The first kappa shape index (κ1) is 20.2. The van der Waals surface area contributed by atoms with Crippen molar-refractivity contribution in [3.63, 3.8) is 0 Å². The summed E-state index contributed by atoms with van der Waals surface area (Å²) in [6.45, 7) is 2.48. The van der Waals surface area contributed by atoms with Crippen LogP contribution in [-0.2, 0) is 16.1 Å². The molecule has 1 aliphatic rings. The maximum absolute atomic E-state index is 12.0. The van der Waals surface area contributed by atoms with Gasteiger partial charge >= 0.3 is 6.03 Å². The monoisotopic (exact) mass is 356 g/mol. The highest BCUT2D eigenvalue weighted by Gasteiger charge is 2.16. The Balaban J connectivity index is 0.00000288. The van der Waals surface area contributed by atoms with Crippen LogP contribution in [0.2, 0.25) is 0 Å². The summed E-state index contributed by atoms with van der Waals surface area (Å²) in [6, 6.07) is 7.32. The van der Waals surface area contributed by atoms with Gasteiger partial charge in [0.15, 0.2) is 0 Å². The number of nitrogens with zero attached hydrogens (tertiary/aromatic N) is 1. The van der Waals surface area contributed by atoms with E-state index >= 15 is 0 Å². The van der Waals surface area contributed by atoms with Crippen molar-refractivity contribution in [2.75, 3.05) is 39.2 Å².